The van der Waals surface area contributed by atoms with Gasteiger partial charge in [-0.1, -0.05) is 31.5 Å². The lowest BCUT2D eigenvalue weighted by Crippen LogP contribution is -2.46. The van der Waals surface area contributed by atoms with E-state index < -0.39 is 6.04 Å². The van der Waals surface area contributed by atoms with Crippen LogP contribution in [0.2, 0.25) is 0 Å². The van der Waals surface area contributed by atoms with Gasteiger partial charge in [-0.15, -0.1) is 0 Å². The first-order chi connectivity index (χ1) is 11.0. The van der Waals surface area contributed by atoms with Gasteiger partial charge in [0.2, 0.25) is 0 Å². The highest BCUT2D eigenvalue weighted by atomic mass is 127. The first kappa shape index (κ1) is 17.8. The SMILES string of the molecule is CCCCOC(=O)C1=C(C)N(C)C(=O)NC1c1ccccc1I. The van der Waals surface area contributed by atoms with Crippen molar-refractivity contribution in [2.45, 2.75) is 32.7 Å². The number of esters is 1. The smallest absolute Gasteiger partial charge is 0.338 e. The Morgan fingerprint density at radius 3 is 2.74 bits per heavy atom. The Balaban J connectivity index is 2.40. The zero-order valence-electron chi connectivity index (χ0n) is 13.6. The van der Waals surface area contributed by atoms with E-state index in [1.807, 2.05) is 31.2 Å². The second kappa shape index (κ2) is 7.81. The normalized spacial score (nSPS) is 18.0. The molecule has 1 unspecified atom stereocenters. The number of amides is 2. The van der Waals surface area contributed by atoms with Crippen LogP contribution >= 0.6 is 22.6 Å². The summed E-state index contributed by atoms with van der Waals surface area (Å²) < 4.78 is 6.38. The zero-order valence-corrected chi connectivity index (χ0v) is 15.7. The Morgan fingerprint density at radius 1 is 1.39 bits per heavy atom. The van der Waals surface area contributed by atoms with Gasteiger partial charge < -0.3 is 15.0 Å². The fourth-order valence-electron chi connectivity index (χ4n) is 2.43. The number of nitrogens with zero attached hydrogens (tertiary/aromatic N) is 1. The largest absolute Gasteiger partial charge is 0.462 e. The number of carbonyl (C=O) groups excluding carboxylic acids is 2. The van der Waals surface area contributed by atoms with Crippen LogP contribution in [0.15, 0.2) is 35.5 Å². The van der Waals surface area contributed by atoms with E-state index in [1.54, 1.807) is 14.0 Å². The van der Waals surface area contributed by atoms with Crippen LogP contribution in [0.3, 0.4) is 0 Å². The van der Waals surface area contributed by atoms with Gasteiger partial charge in [-0.25, -0.2) is 9.59 Å². The minimum Gasteiger partial charge on any atom is -0.462 e. The molecule has 0 aliphatic carbocycles. The molecule has 1 atom stereocenters. The van der Waals surface area contributed by atoms with Crippen LogP contribution in [-0.4, -0.2) is 30.6 Å². The Kier molecular flexibility index (Phi) is 6.04. The minimum absolute atomic E-state index is 0.225. The van der Waals surface area contributed by atoms with Gasteiger partial charge in [0, 0.05) is 16.3 Å². The van der Waals surface area contributed by atoms with E-state index in [9.17, 15) is 9.59 Å². The van der Waals surface area contributed by atoms with Gasteiger partial charge in [-0.2, -0.15) is 0 Å². The van der Waals surface area contributed by atoms with Crippen molar-refractivity contribution < 1.29 is 14.3 Å². The standard InChI is InChI=1S/C17H21IN2O3/c1-4-5-10-23-16(21)14-11(2)20(3)17(22)19-15(14)12-8-6-7-9-13(12)18/h6-9,15H,4-5,10H2,1-3H3,(H,19,22). The van der Waals surface area contributed by atoms with E-state index in [1.165, 1.54) is 4.90 Å². The number of hydrogen-bond acceptors (Lipinski definition) is 3. The number of hydrogen-bond donors (Lipinski definition) is 1. The monoisotopic (exact) mass is 428 g/mol. The fraction of sp³-hybridized carbons (Fsp3) is 0.412. The molecule has 1 N–H and O–H groups in total. The van der Waals surface area contributed by atoms with Crippen molar-refractivity contribution in [2.24, 2.45) is 0 Å². The Labute approximate surface area is 150 Å². The molecule has 6 heteroatoms. The van der Waals surface area contributed by atoms with Crippen molar-refractivity contribution in [3.05, 3.63) is 44.7 Å². The number of carbonyl (C=O) groups is 2. The molecular weight excluding hydrogens is 407 g/mol. The summed E-state index contributed by atoms with van der Waals surface area (Å²) in [4.78, 5) is 26.2. The summed E-state index contributed by atoms with van der Waals surface area (Å²) in [5.41, 5.74) is 2.02. The summed E-state index contributed by atoms with van der Waals surface area (Å²) >= 11 is 2.21. The Hall–Kier alpha value is -1.57. The van der Waals surface area contributed by atoms with Crippen LogP contribution in [0.25, 0.3) is 0 Å². The number of nitrogens with one attached hydrogen (secondary N) is 1. The van der Waals surface area contributed by atoms with Gasteiger partial charge in [-0.3, -0.25) is 0 Å². The maximum absolute atomic E-state index is 12.6. The summed E-state index contributed by atoms with van der Waals surface area (Å²) in [6, 6.07) is 6.99. The van der Waals surface area contributed by atoms with E-state index in [-0.39, 0.29) is 12.0 Å². The molecule has 1 heterocycles. The van der Waals surface area contributed by atoms with Crippen LogP contribution in [0.5, 0.6) is 0 Å². The molecule has 2 rings (SSSR count). The van der Waals surface area contributed by atoms with Crippen molar-refractivity contribution in [3.8, 4) is 0 Å². The van der Waals surface area contributed by atoms with E-state index in [0.717, 1.165) is 22.0 Å². The van der Waals surface area contributed by atoms with Gasteiger partial charge in [0.1, 0.15) is 0 Å². The van der Waals surface area contributed by atoms with Crippen molar-refractivity contribution in [2.75, 3.05) is 13.7 Å². The molecule has 23 heavy (non-hydrogen) atoms. The fourth-order valence-corrected chi connectivity index (χ4v) is 3.13. The Morgan fingerprint density at radius 2 is 2.09 bits per heavy atom. The van der Waals surface area contributed by atoms with Crippen molar-refractivity contribution in [1.82, 2.24) is 10.2 Å². The van der Waals surface area contributed by atoms with Gasteiger partial charge in [0.15, 0.2) is 0 Å². The third-order valence-electron chi connectivity index (χ3n) is 3.92. The molecule has 2 amide bonds. The highest BCUT2D eigenvalue weighted by Gasteiger charge is 2.35. The third kappa shape index (κ3) is 3.85. The molecule has 0 radical (unpaired) electrons. The lowest BCUT2D eigenvalue weighted by atomic mass is 9.95. The highest BCUT2D eigenvalue weighted by Crippen LogP contribution is 2.32. The van der Waals surface area contributed by atoms with E-state index in [0.29, 0.717) is 17.9 Å². The molecule has 5 nitrogen and oxygen atoms in total. The third-order valence-corrected chi connectivity index (χ3v) is 4.90. The average molecular weight is 428 g/mol. The topological polar surface area (TPSA) is 58.6 Å². The molecule has 0 saturated carbocycles. The number of benzene rings is 1. The molecule has 1 aliphatic rings. The van der Waals surface area contributed by atoms with Crippen LogP contribution < -0.4 is 5.32 Å². The second-order valence-electron chi connectivity index (χ2n) is 5.45. The average Bonchev–Trinajstić information content (AvgIpc) is 2.53. The van der Waals surface area contributed by atoms with Crippen LogP contribution in [0.4, 0.5) is 4.79 Å². The molecule has 0 aromatic heterocycles. The lowest BCUT2D eigenvalue weighted by molar-refractivity contribution is -0.139. The molecule has 0 fully saturated rings. The van der Waals surface area contributed by atoms with E-state index in [4.69, 9.17) is 4.74 Å². The number of halogens is 1. The molecule has 1 aliphatic heterocycles. The zero-order chi connectivity index (χ0) is 17.0. The predicted octanol–water partition coefficient (Wildman–Crippen LogP) is 3.60. The lowest BCUT2D eigenvalue weighted by Gasteiger charge is -2.33. The van der Waals surface area contributed by atoms with Gasteiger partial charge in [0.05, 0.1) is 18.2 Å². The first-order valence-electron chi connectivity index (χ1n) is 7.63. The number of urea groups is 1. The summed E-state index contributed by atoms with van der Waals surface area (Å²) in [6.45, 7) is 4.21. The first-order valence-corrected chi connectivity index (χ1v) is 8.71. The van der Waals surface area contributed by atoms with Crippen molar-refractivity contribution in [1.29, 1.82) is 0 Å². The number of rotatable bonds is 5. The number of ether oxygens (including phenoxy) is 1. The molecule has 1 aromatic rings. The van der Waals surface area contributed by atoms with Crippen molar-refractivity contribution >= 4 is 34.6 Å². The maximum atomic E-state index is 12.6. The predicted molar refractivity (Wildman–Crippen MR) is 96.8 cm³/mol. The van der Waals surface area contributed by atoms with Gasteiger partial charge in [0.25, 0.3) is 0 Å². The molecular formula is C17H21IN2O3. The number of allylic oxidation sites excluding steroid dienone is 1. The summed E-state index contributed by atoms with van der Waals surface area (Å²) in [5.74, 6) is -0.368. The Bertz CT molecular complexity index is 642. The van der Waals surface area contributed by atoms with Crippen molar-refractivity contribution in [3.63, 3.8) is 0 Å². The highest BCUT2D eigenvalue weighted by molar-refractivity contribution is 14.1. The van der Waals surface area contributed by atoms with Crippen LogP contribution in [0.1, 0.15) is 38.3 Å². The van der Waals surface area contributed by atoms with Crippen LogP contribution in [0, 0.1) is 3.57 Å². The second-order valence-corrected chi connectivity index (χ2v) is 6.61. The molecule has 124 valence electrons. The molecule has 0 spiro atoms. The van der Waals surface area contributed by atoms with Gasteiger partial charge in [-0.05, 0) is 47.6 Å². The molecule has 0 saturated heterocycles. The quantitative estimate of drug-likeness (QED) is 0.443. The van der Waals surface area contributed by atoms with E-state index >= 15 is 0 Å². The maximum Gasteiger partial charge on any atom is 0.338 e. The molecule has 1 aromatic carbocycles. The summed E-state index contributed by atoms with van der Waals surface area (Å²) in [7, 11) is 1.65. The van der Waals surface area contributed by atoms with Gasteiger partial charge >= 0.3 is 12.0 Å². The van der Waals surface area contributed by atoms with E-state index in [2.05, 4.69) is 27.9 Å². The summed E-state index contributed by atoms with van der Waals surface area (Å²) in [6.07, 6.45) is 1.79. The minimum atomic E-state index is -0.485. The number of unbranched alkanes of at least 4 members (excludes halogenated alkanes) is 1. The summed E-state index contributed by atoms with van der Waals surface area (Å²) in [5, 5.41) is 2.90. The molecule has 0 bridgehead atoms. The van der Waals surface area contributed by atoms with Crippen LogP contribution in [-0.2, 0) is 9.53 Å².